The number of halogens is 4. The third kappa shape index (κ3) is 5.57. The lowest BCUT2D eigenvalue weighted by molar-refractivity contribution is -0.274. The Labute approximate surface area is 298 Å². The van der Waals surface area contributed by atoms with Gasteiger partial charge in [-0.15, -0.1) is 13.2 Å². The fraction of sp³-hybridized carbons (Fsp3) is 0.294. The van der Waals surface area contributed by atoms with Crippen LogP contribution in [0.25, 0.3) is 11.0 Å². The number of nitrogens with zero attached hydrogens (tertiary/aromatic N) is 5. The summed E-state index contributed by atoms with van der Waals surface area (Å²) in [7, 11) is 4.45. The number of ether oxygens (including phenoxy) is 3. The monoisotopic (exact) mass is 785 g/mol. The van der Waals surface area contributed by atoms with Crippen LogP contribution in [0, 0.1) is 0 Å². The second kappa shape index (κ2) is 12.5. The molecule has 0 saturated heterocycles. The molecule has 18 heteroatoms. The van der Waals surface area contributed by atoms with Crippen molar-refractivity contribution in [2.75, 3.05) is 14.2 Å². The summed E-state index contributed by atoms with van der Waals surface area (Å²) < 4.78 is 58.8. The van der Waals surface area contributed by atoms with Gasteiger partial charge in [-0.2, -0.15) is 0 Å². The van der Waals surface area contributed by atoms with Gasteiger partial charge in [-0.25, -0.2) is 28.5 Å². The van der Waals surface area contributed by atoms with Crippen molar-refractivity contribution in [1.29, 1.82) is 0 Å². The van der Waals surface area contributed by atoms with Gasteiger partial charge in [0, 0.05) is 67.3 Å². The Balaban J connectivity index is 1.30. The van der Waals surface area contributed by atoms with Crippen LogP contribution in [0.3, 0.4) is 0 Å². The molecule has 0 unspecified atom stereocenters. The Morgan fingerprint density at radius 1 is 1.02 bits per heavy atom. The van der Waals surface area contributed by atoms with Crippen LogP contribution < -0.4 is 31.1 Å². The second-order valence-corrected chi connectivity index (χ2v) is 13.1. The summed E-state index contributed by atoms with van der Waals surface area (Å²) in [5.74, 6) is -2.91. The average Bonchev–Trinajstić information content (AvgIpc) is 3.35. The number of allylic oxidation sites excluding steroid dienone is 6. The molecule has 52 heavy (non-hydrogen) atoms. The second-order valence-electron chi connectivity index (χ2n) is 12.2. The quantitative estimate of drug-likeness (QED) is 0.217. The molecule has 2 aromatic carbocycles. The molecule has 270 valence electrons. The summed E-state index contributed by atoms with van der Waals surface area (Å²) in [6.45, 7) is -0.445. The van der Waals surface area contributed by atoms with E-state index in [0.717, 1.165) is 38.2 Å². The molecule has 4 aromatic rings. The lowest BCUT2D eigenvalue weighted by atomic mass is 9.68. The standard InChI is InChI=1S/C34H27BrF3N5O9/c1-40-23-14-27(51-3)26(50-2)13-21(23)39-20(31(40)47)7-8-41-32(48)42-9-6-16-22(43(42)33(41)49)11-18-29(25(45)12-19(35)30(18)46)28(16)17-10-15(4-5-24(17)44)52-34(36,37)38/h4-6,10,12-14,22,28,44H,7-9,11H2,1-3H3/t22-,28-/m1/s1. The maximum absolute atomic E-state index is 14.1. The molecule has 0 spiro atoms. The first kappa shape index (κ1) is 34.8. The number of methoxy groups -OCH3 is 2. The number of aromatic nitrogens is 5. The molecular weight excluding hydrogens is 759 g/mol. The molecule has 0 fully saturated rings. The number of benzene rings is 2. The number of hydrogen-bond donors (Lipinski definition) is 1. The summed E-state index contributed by atoms with van der Waals surface area (Å²) in [4.78, 5) is 72.5. The van der Waals surface area contributed by atoms with E-state index in [-0.39, 0.29) is 52.8 Å². The van der Waals surface area contributed by atoms with Gasteiger partial charge >= 0.3 is 17.7 Å². The first-order chi connectivity index (χ1) is 24.6. The maximum Gasteiger partial charge on any atom is 0.573 e. The highest BCUT2D eigenvalue weighted by atomic mass is 79.9. The fourth-order valence-electron chi connectivity index (χ4n) is 7.12. The number of rotatable bonds is 7. The molecule has 7 rings (SSSR count). The zero-order valence-corrected chi connectivity index (χ0v) is 29.1. The topological polar surface area (TPSA) is 166 Å². The molecule has 3 heterocycles. The van der Waals surface area contributed by atoms with Crippen LogP contribution in [-0.4, -0.2) is 60.7 Å². The normalized spacial score (nSPS) is 18.4. The van der Waals surface area contributed by atoms with Gasteiger partial charge in [-0.05, 0) is 39.7 Å². The Bertz CT molecular complexity index is 2520. The number of alkyl halides is 3. The number of aromatic hydroxyl groups is 1. The molecular formula is C34H27BrF3N5O9. The SMILES string of the molecule is COc1cc2nc(CCn3c(=O)n4n(c3=O)[C@@H]3CC5=C(C(=O)C=C(Br)C5=O)[C@@H](c5cc(OC(F)(F)F)ccc5O)C3=CC4)c(=O)n(C)c2cc1OC. The maximum atomic E-state index is 14.1. The number of fused-ring (bicyclic) bond motifs is 4. The predicted octanol–water partition coefficient (Wildman–Crippen LogP) is 3.32. The van der Waals surface area contributed by atoms with Crippen molar-refractivity contribution in [3.8, 4) is 23.0 Å². The van der Waals surface area contributed by atoms with E-state index >= 15 is 0 Å². The molecule has 0 amide bonds. The number of phenols is 1. The van der Waals surface area contributed by atoms with Crippen LogP contribution in [0.2, 0.25) is 0 Å². The predicted molar refractivity (Wildman–Crippen MR) is 180 cm³/mol. The molecule has 2 aromatic heterocycles. The van der Waals surface area contributed by atoms with Crippen molar-refractivity contribution >= 4 is 38.5 Å². The summed E-state index contributed by atoms with van der Waals surface area (Å²) in [6.07, 6.45) is -2.81. The molecule has 14 nitrogen and oxygen atoms in total. The minimum Gasteiger partial charge on any atom is -0.508 e. The van der Waals surface area contributed by atoms with Crippen LogP contribution in [0.1, 0.15) is 29.6 Å². The summed E-state index contributed by atoms with van der Waals surface area (Å²) in [5, 5.41) is 10.9. The van der Waals surface area contributed by atoms with Gasteiger partial charge < -0.3 is 23.9 Å². The fourth-order valence-corrected chi connectivity index (χ4v) is 7.57. The van der Waals surface area contributed by atoms with E-state index in [1.807, 2.05) is 0 Å². The van der Waals surface area contributed by atoms with Crippen molar-refractivity contribution < 1.29 is 42.1 Å². The largest absolute Gasteiger partial charge is 0.573 e. The lowest BCUT2D eigenvalue weighted by Gasteiger charge is -2.39. The average molecular weight is 787 g/mol. The number of carbonyl (C=O) groups is 2. The van der Waals surface area contributed by atoms with Crippen LogP contribution in [0.4, 0.5) is 13.2 Å². The number of phenolic OH excluding ortho intramolecular Hbond substituents is 1. The number of hydrogen-bond acceptors (Lipinski definition) is 10. The smallest absolute Gasteiger partial charge is 0.508 e. The van der Waals surface area contributed by atoms with E-state index in [1.54, 1.807) is 25.3 Å². The lowest BCUT2D eigenvalue weighted by Crippen LogP contribution is -2.40. The number of aryl methyl sites for hydroxylation is 2. The van der Waals surface area contributed by atoms with E-state index in [2.05, 4.69) is 25.7 Å². The van der Waals surface area contributed by atoms with Crippen molar-refractivity contribution in [1.82, 2.24) is 23.5 Å². The minimum atomic E-state index is -5.07. The molecule has 2 aliphatic carbocycles. The summed E-state index contributed by atoms with van der Waals surface area (Å²) in [6, 6.07) is 4.93. The Morgan fingerprint density at radius 3 is 2.42 bits per heavy atom. The molecule has 1 N–H and O–H groups in total. The number of carbonyl (C=O) groups excluding carboxylic acids is 2. The highest BCUT2D eigenvalue weighted by Gasteiger charge is 2.46. The van der Waals surface area contributed by atoms with E-state index in [4.69, 9.17) is 9.47 Å². The van der Waals surface area contributed by atoms with Gasteiger partial charge in [-0.1, -0.05) is 6.08 Å². The van der Waals surface area contributed by atoms with Gasteiger partial charge in [0.1, 0.15) is 17.2 Å². The Kier molecular flexibility index (Phi) is 8.39. The minimum absolute atomic E-state index is 0.0375. The third-order valence-electron chi connectivity index (χ3n) is 9.44. The van der Waals surface area contributed by atoms with Crippen LogP contribution in [0.5, 0.6) is 23.0 Å². The van der Waals surface area contributed by atoms with Crippen molar-refractivity contribution in [2.45, 2.75) is 44.3 Å². The summed E-state index contributed by atoms with van der Waals surface area (Å²) in [5.41, 5.74) is -1.05. The molecule has 0 saturated carbocycles. The van der Waals surface area contributed by atoms with Crippen LogP contribution in [0.15, 0.2) is 78.1 Å². The van der Waals surface area contributed by atoms with Gasteiger partial charge in [0.05, 0.1) is 42.3 Å². The van der Waals surface area contributed by atoms with Crippen LogP contribution in [-0.2, 0) is 36.1 Å². The molecule has 0 bridgehead atoms. The number of ketones is 2. The van der Waals surface area contributed by atoms with Gasteiger partial charge in [0.2, 0.25) is 0 Å². The first-order valence-electron chi connectivity index (χ1n) is 15.6. The zero-order chi connectivity index (χ0) is 37.4. The molecule has 0 radical (unpaired) electrons. The molecule has 3 aliphatic rings. The van der Waals surface area contributed by atoms with Crippen LogP contribution >= 0.6 is 15.9 Å². The summed E-state index contributed by atoms with van der Waals surface area (Å²) >= 11 is 3.10. The Morgan fingerprint density at radius 2 is 1.73 bits per heavy atom. The highest BCUT2D eigenvalue weighted by molar-refractivity contribution is 9.12. The number of Topliss-reactive ketones (excluding diaryl/α,β-unsaturated/α-hetero) is 1. The van der Waals surface area contributed by atoms with E-state index in [1.165, 1.54) is 18.8 Å². The first-order valence-corrected chi connectivity index (χ1v) is 16.4. The van der Waals surface area contributed by atoms with Gasteiger partial charge in [0.25, 0.3) is 5.56 Å². The van der Waals surface area contributed by atoms with Gasteiger partial charge in [-0.3, -0.25) is 14.4 Å². The molecule has 2 atom stereocenters. The van der Waals surface area contributed by atoms with E-state index < -0.39 is 58.3 Å². The van der Waals surface area contributed by atoms with E-state index in [9.17, 15) is 42.3 Å². The highest BCUT2D eigenvalue weighted by Crippen LogP contribution is 2.52. The zero-order valence-electron chi connectivity index (χ0n) is 27.5. The van der Waals surface area contributed by atoms with Crippen molar-refractivity contribution in [3.63, 3.8) is 0 Å². The van der Waals surface area contributed by atoms with Crippen molar-refractivity contribution in [2.24, 2.45) is 7.05 Å². The van der Waals surface area contributed by atoms with Gasteiger partial charge in [0.15, 0.2) is 23.1 Å². The Hall–Kier alpha value is -5.65. The third-order valence-corrected chi connectivity index (χ3v) is 10.0. The van der Waals surface area contributed by atoms with Crippen molar-refractivity contribution in [3.05, 3.63) is 106 Å². The van der Waals surface area contributed by atoms with E-state index in [0.29, 0.717) is 28.1 Å². The molecule has 1 aliphatic heterocycles.